The minimum absolute atomic E-state index is 0.304. The van der Waals surface area contributed by atoms with Crippen LogP contribution in [-0.2, 0) is 13.0 Å². The molecule has 4 heterocycles. The fourth-order valence-electron chi connectivity index (χ4n) is 4.50. The maximum absolute atomic E-state index is 14.4. The monoisotopic (exact) mass is 430 g/mol. The standard InChI is InChI=1S/C25H27FN6/c1-2-17-13-29-25(30-14-17)31-8-5-18(6-9-31)20-3-4-22(28-15-20)16-32-10-7-19-11-21(27)12-23(26)24(19)32/h3-4,7,10-15,18H,2,5-6,8-9,16,27H2,1H3. The number of piperidine rings is 1. The lowest BCUT2D eigenvalue weighted by molar-refractivity contribution is 0.498. The van der Waals surface area contributed by atoms with E-state index in [2.05, 4.69) is 38.9 Å². The van der Waals surface area contributed by atoms with Crippen molar-refractivity contribution < 1.29 is 4.39 Å². The van der Waals surface area contributed by atoms with E-state index in [1.807, 2.05) is 35.4 Å². The molecule has 5 rings (SSSR count). The molecule has 6 nitrogen and oxygen atoms in total. The number of aromatic nitrogens is 4. The zero-order chi connectivity index (χ0) is 22.1. The van der Waals surface area contributed by atoms with Crippen LogP contribution in [0.3, 0.4) is 0 Å². The molecule has 1 saturated heterocycles. The summed E-state index contributed by atoms with van der Waals surface area (Å²) in [6, 6.07) is 9.26. The van der Waals surface area contributed by atoms with Crippen molar-refractivity contribution in [1.82, 2.24) is 19.5 Å². The first-order valence-electron chi connectivity index (χ1n) is 11.1. The van der Waals surface area contributed by atoms with Gasteiger partial charge < -0.3 is 15.2 Å². The van der Waals surface area contributed by atoms with Crippen LogP contribution in [0.15, 0.2) is 55.1 Å². The summed E-state index contributed by atoms with van der Waals surface area (Å²) in [4.78, 5) is 16.0. The van der Waals surface area contributed by atoms with Crippen molar-refractivity contribution in [3.05, 3.63) is 77.8 Å². The van der Waals surface area contributed by atoms with Crippen LogP contribution in [0, 0.1) is 5.82 Å². The van der Waals surface area contributed by atoms with Gasteiger partial charge in [0, 0.05) is 49.0 Å². The van der Waals surface area contributed by atoms with E-state index in [-0.39, 0.29) is 5.82 Å². The molecule has 0 atom stereocenters. The predicted octanol–water partition coefficient (Wildman–Crippen LogP) is 4.54. The van der Waals surface area contributed by atoms with Crippen LogP contribution in [-0.4, -0.2) is 32.6 Å². The van der Waals surface area contributed by atoms with E-state index >= 15 is 0 Å². The number of nitrogen functional groups attached to an aromatic ring is 1. The Hall–Kier alpha value is -3.48. The number of nitrogens with two attached hydrogens (primary N) is 1. The number of pyridine rings is 1. The Labute approximate surface area is 186 Å². The molecule has 2 N–H and O–H groups in total. The second kappa shape index (κ2) is 8.57. The Bertz CT molecular complexity index is 1210. The molecule has 1 fully saturated rings. The van der Waals surface area contributed by atoms with Crippen molar-refractivity contribution in [2.75, 3.05) is 23.7 Å². The Balaban J connectivity index is 1.24. The van der Waals surface area contributed by atoms with E-state index in [9.17, 15) is 4.39 Å². The molecule has 164 valence electrons. The molecular formula is C25H27FN6. The quantitative estimate of drug-likeness (QED) is 0.471. The van der Waals surface area contributed by atoms with Gasteiger partial charge in [-0.2, -0.15) is 0 Å². The third-order valence-electron chi connectivity index (χ3n) is 6.37. The average Bonchev–Trinajstić information content (AvgIpc) is 3.22. The number of hydrogen-bond donors (Lipinski definition) is 1. The van der Waals surface area contributed by atoms with Gasteiger partial charge >= 0.3 is 0 Å². The number of nitrogens with zero attached hydrogens (tertiary/aromatic N) is 5. The SMILES string of the molecule is CCc1cnc(N2CCC(c3ccc(Cn4ccc5cc(N)cc(F)c54)nc3)CC2)nc1. The number of hydrogen-bond acceptors (Lipinski definition) is 5. The first kappa shape index (κ1) is 20.4. The lowest BCUT2D eigenvalue weighted by atomic mass is 9.90. The van der Waals surface area contributed by atoms with Gasteiger partial charge in [-0.25, -0.2) is 14.4 Å². The zero-order valence-electron chi connectivity index (χ0n) is 18.2. The van der Waals surface area contributed by atoms with Gasteiger partial charge in [0.1, 0.15) is 5.82 Å². The lowest BCUT2D eigenvalue weighted by Crippen LogP contribution is -2.34. The minimum atomic E-state index is -0.304. The number of halogens is 1. The van der Waals surface area contributed by atoms with Gasteiger partial charge in [0.2, 0.25) is 5.95 Å². The average molecular weight is 431 g/mol. The number of aryl methyl sites for hydroxylation is 1. The topological polar surface area (TPSA) is 72.9 Å². The molecular weight excluding hydrogens is 403 g/mol. The van der Waals surface area contributed by atoms with E-state index in [0.29, 0.717) is 23.7 Å². The highest BCUT2D eigenvalue weighted by Crippen LogP contribution is 2.29. The highest BCUT2D eigenvalue weighted by Gasteiger charge is 2.22. The summed E-state index contributed by atoms with van der Waals surface area (Å²) in [5.41, 5.74) is 10.1. The van der Waals surface area contributed by atoms with E-state index < -0.39 is 0 Å². The van der Waals surface area contributed by atoms with Gasteiger partial charge in [-0.1, -0.05) is 13.0 Å². The molecule has 32 heavy (non-hydrogen) atoms. The largest absolute Gasteiger partial charge is 0.399 e. The Kier molecular flexibility index (Phi) is 5.47. The molecule has 0 bridgehead atoms. The van der Waals surface area contributed by atoms with Crippen LogP contribution in [0.4, 0.5) is 16.0 Å². The maximum atomic E-state index is 14.4. The molecule has 0 saturated carbocycles. The first-order valence-corrected chi connectivity index (χ1v) is 11.1. The fourth-order valence-corrected chi connectivity index (χ4v) is 4.50. The third kappa shape index (κ3) is 4.02. The van der Waals surface area contributed by atoms with Crippen molar-refractivity contribution in [3.8, 4) is 0 Å². The molecule has 1 aromatic carbocycles. The van der Waals surface area contributed by atoms with Gasteiger partial charge in [-0.3, -0.25) is 4.98 Å². The summed E-state index contributed by atoms with van der Waals surface area (Å²) >= 11 is 0. The van der Waals surface area contributed by atoms with Gasteiger partial charge in [0.05, 0.1) is 17.8 Å². The first-order chi connectivity index (χ1) is 15.6. The van der Waals surface area contributed by atoms with Crippen LogP contribution >= 0.6 is 0 Å². The molecule has 0 spiro atoms. The van der Waals surface area contributed by atoms with Crippen molar-refractivity contribution in [2.45, 2.75) is 38.6 Å². The Morgan fingerprint density at radius 1 is 1.03 bits per heavy atom. The lowest BCUT2D eigenvalue weighted by Gasteiger charge is -2.32. The molecule has 0 aliphatic carbocycles. The van der Waals surface area contributed by atoms with Crippen molar-refractivity contribution >= 4 is 22.5 Å². The van der Waals surface area contributed by atoms with Crippen molar-refractivity contribution in [3.63, 3.8) is 0 Å². The molecule has 1 aliphatic heterocycles. The molecule has 3 aromatic heterocycles. The maximum Gasteiger partial charge on any atom is 0.225 e. The Morgan fingerprint density at radius 3 is 2.50 bits per heavy atom. The summed E-state index contributed by atoms with van der Waals surface area (Å²) in [6.45, 7) is 4.51. The van der Waals surface area contributed by atoms with Gasteiger partial charge in [0.25, 0.3) is 0 Å². The number of benzene rings is 1. The van der Waals surface area contributed by atoms with Crippen LogP contribution < -0.4 is 10.6 Å². The van der Waals surface area contributed by atoms with Crippen LogP contribution in [0.5, 0.6) is 0 Å². The fraction of sp³-hybridized carbons (Fsp3) is 0.320. The normalized spacial score (nSPS) is 14.9. The molecule has 1 aliphatic rings. The van der Waals surface area contributed by atoms with E-state index in [1.54, 1.807) is 6.07 Å². The molecule has 4 aromatic rings. The van der Waals surface area contributed by atoms with E-state index in [1.165, 1.54) is 11.6 Å². The molecule has 0 amide bonds. The van der Waals surface area contributed by atoms with Gasteiger partial charge in [-0.15, -0.1) is 0 Å². The highest BCUT2D eigenvalue weighted by atomic mass is 19.1. The van der Waals surface area contributed by atoms with Gasteiger partial charge in [0.15, 0.2) is 0 Å². The highest BCUT2D eigenvalue weighted by molar-refractivity contribution is 5.84. The summed E-state index contributed by atoms with van der Waals surface area (Å²) in [6.07, 6.45) is 10.8. The summed E-state index contributed by atoms with van der Waals surface area (Å²) in [5.74, 6) is 0.999. The molecule has 0 unspecified atom stereocenters. The Morgan fingerprint density at radius 2 is 1.81 bits per heavy atom. The smallest absolute Gasteiger partial charge is 0.225 e. The summed E-state index contributed by atoms with van der Waals surface area (Å²) < 4.78 is 16.3. The number of anilines is 2. The zero-order valence-corrected chi connectivity index (χ0v) is 18.2. The molecule has 7 heteroatoms. The van der Waals surface area contributed by atoms with Crippen LogP contribution in [0.2, 0.25) is 0 Å². The number of rotatable bonds is 5. The predicted molar refractivity (Wildman–Crippen MR) is 125 cm³/mol. The van der Waals surface area contributed by atoms with Crippen molar-refractivity contribution in [2.24, 2.45) is 0 Å². The summed E-state index contributed by atoms with van der Waals surface area (Å²) in [7, 11) is 0. The van der Waals surface area contributed by atoms with Gasteiger partial charge in [-0.05, 0) is 60.6 Å². The van der Waals surface area contributed by atoms with E-state index in [4.69, 9.17) is 5.73 Å². The van der Waals surface area contributed by atoms with Crippen LogP contribution in [0.1, 0.15) is 42.5 Å². The third-order valence-corrected chi connectivity index (χ3v) is 6.37. The summed E-state index contributed by atoms with van der Waals surface area (Å²) in [5, 5.41) is 0.805. The minimum Gasteiger partial charge on any atom is -0.399 e. The second-order valence-electron chi connectivity index (χ2n) is 8.47. The second-order valence-corrected chi connectivity index (χ2v) is 8.47. The van der Waals surface area contributed by atoms with Crippen LogP contribution in [0.25, 0.3) is 10.9 Å². The van der Waals surface area contributed by atoms with E-state index in [0.717, 1.165) is 54.9 Å². The number of fused-ring (bicyclic) bond motifs is 1. The van der Waals surface area contributed by atoms with Crippen molar-refractivity contribution in [1.29, 1.82) is 0 Å². The molecule has 0 radical (unpaired) electrons.